The van der Waals surface area contributed by atoms with Gasteiger partial charge >= 0.3 is 0 Å². The predicted molar refractivity (Wildman–Crippen MR) is 103 cm³/mol. The Morgan fingerprint density at radius 1 is 1.41 bits per heavy atom. The number of hydrogen-bond donors (Lipinski definition) is 3. The van der Waals surface area contributed by atoms with Crippen molar-refractivity contribution >= 4 is 34.3 Å². The van der Waals surface area contributed by atoms with Crippen LogP contribution in [-0.4, -0.2) is 22.8 Å². The summed E-state index contributed by atoms with van der Waals surface area (Å²) in [7, 11) is 0. The molecule has 0 saturated heterocycles. The number of halogens is 2. The minimum absolute atomic E-state index is 0.0822. The molecule has 142 valence electrons. The minimum Gasteiger partial charge on any atom is -0.366 e. The molecule has 2 aromatic rings. The summed E-state index contributed by atoms with van der Waals surface area (Å²) < 4.78 is 15.0. The van der Waals surface area contributed by atoms with Crippen molar-refractivity contribution in [2.24, 2.45) is 5.73 Å². The molecule has 5 nitrogen and oxygen atoms in total. The molecule has 0 spiro atoms. The van der Waals surface area contributed by atoms with Crippen molar-refractivity contribution in [3.05, 3.63) is 33.7 Å². The van der Waals surface area contributed by atoms with Crippen LogP contribution in [0, 0.1) is 24.6 Å². The van der Waals surface area contributed by atoms with E-state index in [4.69, 9.17) is 17.3 Å². The topological polar surface area (TPSA) is 88.0 Å². The third kappa shape index (κ3) is 3.65. The van der Waals surface area contributed by atoms with Crippen LogP contribution in [0.4, 0.5) is 4.39 Å². The third-order valence-electron chi connectivity index (χ3n) is 5.10. The Morgan fingerprint density at radius 2 is 2.15 bits per heavy atom. The lowest BCUT2D eigenvalue weighted by molar-refractivity contribution is -0.116. The number of benzene rings is 1. The largest absolute Gasteiger partial charge is 0.366 e. The number of aromatic nitrogens is 1. The molecular formula is C20H21ClFN3O2. The van der Waals surface area contributed by atoms with Gasteiger partial charge < -0.3 is 16.0 Å². The van der Waals surface area contributed by atoms with Gasteiger partial charge in [-0.2, -0.15) is 0 Å². The maximum atomic E-state index is 15.0. The number of carbonyl (C=O) groups excluding carboxylic acids is 2. The standard InChI is InChI=1S/C20H21ClFN3O2/c1-3-5-15(26)25-12-7-4-6-11(8-12)16-14(22)9-13(20(23)27)19-17(16)18(21)10(2)24-19/h9,11-12,24H,4,6-8H2,1-2H3,(H2,23,27)(H,25,26)/t11-,12-/m0/s1. The number of amides is 2. The molecule has 1 heterocycles. The van der Waals surface area contributed by atoms with Gasteiger partial charge in [0.05, 0.1) is 16.1 Å². The quantitative estimate of drug-likeness (QED) is 0.701. The van der Waals surface area contributed by atoms with Gasteiger partial charge in [0.1, 0.15) is 5.82 Å². The minimum atomic E-state index is -0.713. The lowest BCUT2D eigenvalue weighted by Gasteiger charge is -2.30. The zero-order chi connectivity index (χ0) is 19.7. The third-order valence-corrected chi connectivity index (χ3v) is 5.57. The van der Waals surface area contributed by atoms with Crippen LogP contribution in [0.2, 0.25) is 5.02 Å². The SMILES string of the molecule is CC#CC(=O)N[C@H]1CCC[C@H](c2c(F)cc(C(N)=O)c3[nH]c(C)c(Cl)c23)C1. The van der Waals surface area contributed by atoms with Crippen molar-refractivity contribution < 1.29 is 14.0 Å². The number of rotatable bonds is 3. The van der Waals surface area contributed by atoms with Gasteiger partial charge in [-0.3, -0.25) is 9.59 Å². The maximum absolute atomic E-state index is 15.0. The summed E-state index contributed by atoms with van der Waals surface area (Å²) in [6.07, 6.45) is 3.01. The van der Waals surface area contributed by atoms with Gasteiger partial charge in [-0.05, 0) is 51.0 Å². The number of aromatic amines is 1. The second kappa shape index (κ2) is 7.61. The first kappa shape index (κ1) is 19.2. The first-order valence-electron chi connectivity index (χ1n) is 8.86. The zero-order valence-electron chi connectivity index (χ0n) is 15.2. The van der Waals surface area contributed by atoms with Crippen molar-refractivity contribution in [1.82, 2.24) is 10.3 Å². The fourth-order valence-corrected chi connectivity index (χ4v) is 4.21. The van der Waals surface area contributed by atoms with E-state index in [0.29, 0.717) is 33.6 Å². The molecule has 2 amide bonds. The first-order valence-corrected chi connectivity index (χ1v) is 9.24. The molecule has 1 aromatic carbocycles. The van der Waals surface area contributed by atoms with E-state index in [-0.39, 0.29) is 23.4 Å². The fourth-order valence-electron chi connectivity index (χ4n) is 3.96. The molecule has 0 aliphatic heterocycles. The van der Waals surface area contributed by atoms with E-state index in [1.807, 2.05) is 0 Å². The van der Waals surface area contributed by atoms with Gasteiger partial charge in [0, 0.05) is 22.7 Å². The lowest BCUT2D eigenvalue weighted by Crippen LogP contribution is -2.37. The van der Waals surface area contributed by atoms with Gasteiger partial charge in [0.2, 0.25) is 0 Å². The molecule has 1 aliphatic carbocycles. The summed E-state index contributed by atoms with van der Waals surface area (Å²) in [6.45, 7) is 3.37. The number of carbonyl (C=O) groups is 2. The zero-order valence-corrected chi connectivity index (χ0v) is 16.0. The number of aryl methyl sites for hydroxylation is 1. The van der Waals surface area contributed by atoms with E-state index in [0.717, 1.165) is 19.3 Å². The first-order chi connectivity index (χ1) is 12.8. The second-order valence-corrected chi connectivity index (χ2v) is 7.28. The Labute approximate surface area is 161 Å². The highest BCUT2D eigenvalue weighted by molar-refractivity contribution is 6.37. The smallest absolute Gasteiger partial charge is 0.296 e. The molecule has 0 unspecified atom stereocenters. The second-order valence-electron chi connectivity index (χ2n) is 6.91. The van der Waals surface area contributed by atoms with Crippen LogP contribution in [0.25, 0.3) is 10.9 Å². The number of H-pyrrole nitrogens is 1. The molecule has 27 heavy (non-hydrogen) atoms. The van der Waals surface area contributed by atoms with Crippen molar-refractivity contribution in [1.29, 1.82) is 0 Å². The Hall–Kier alpha value is -2.52. The Balaban J connectivity index is 2.04. The molecule has 3 rings (SSSR count). The van der Waals surface area contributed by atoms with Crippen LogP contribution in [0.15, 0.2) is 6.07 Å². The normalized spacial score (nSPS) is 19.4. The van der Waals surface area contributed by atoms with E-state index in [2.05, 4.69) is 22.1 Å². The number of nitrogens with two attached hydrogens (primary N) is 1. The predicted octanol–water partition coefficient (Wildman–Crippen LogP) is 3.53. The van der Waals surface area contributed by atoms with Crippen LogP contribution in [-0.2, 0) is 4.79 Å². The van der Waals surface area contributed by atoms with Crippen LogP contribution < -0.4 is 11.1 Å². The summed E-state index contributed by atoms with van der Waals surface area (Å²) >= 11 is 6.44. The van der Waals surface area contributed by atoms with Crippen LogP contribution >= 0.6 is 11.6 Å². The van der Waals surface area contributed by atoms with Gasteiger partial charge in [-0.25, -0.2) is 4.39 Å². The average molecular weight is 390 g/mol. The number of fused-ring (bicyclic) bond motifs is 1. The molecule has 0 bridgehead atoms. The van der Waals surface area contributed by atoms with E-state index in [1.165, 1.54) is 6.07 Å². The summed E-state index contributed by atoms with van der Waals surface area (Å²) in [4.78, 5) is 26.6. The van der Waals surface area contributed by atoms with Crippen molar-refractivity contribution in [3.63, 3.8) is 0 Å². The van der Waals surface area contributed by atoms with Crippen molar-refractivity contribution in [3.8, 4) is 11.8 Å². The molecule has 7 heteroatoms. The summed E-state index contributed by atoms with van der Waals surface area (Å²) in [5.74, 6) is 3.38. The Bertz CT molecular complexity index is 987. The van der Waals surface area contributed by atoms with Crippen molar-refractivity contribution in [2.45, 2.75) is 51.5 Å². The highest BCUT2D eigenvalue weighted by Gasteiger charge is 2.30. The Morgan fingerprint density at radius 3 is 2.81 bits per heavy atom. The van der Waals surface area contributed by atoms with Crippen LogP contribution in [0.5, 0.6) is 0 Å². The van der Waals surface area contributed by atoms with E-state index in [1.54, 1.807) is 13.8 Å². The number of nitrogens with one attached hydrogen (secondary N) is 2. The van der Waals surface area contributed by atoms with E-state index >= 15 is 4.39 Å². The monoisotopic (exact) mass is 389 g/mol. The number of primary amides is 1. The fraction of sp³-hybridized carbons (Fsp3) is 0.400. The average Bonchev–Trinajstić information content (AvgIpc) is 2.90. The van der Waals surface area contributed by atoms with Crippen LogP contribution in [0.3, 0.4) is 0 Å². The highest BCUT2D eigenvalue weighted by atomic mass is 35.5. The van der Waals surface area contributed by atoms with Gasteiger partial charge in [-0.15, -0.1) is 0 Å². The summed E-state index contributed by atoms with van der Waals surface area (Å²) in [5, 5.41) is 3.79. The molecule has 0 radical (unpaired) electrons. The highest BCUT2D eigenvalue weighted by Crippen LogP contribution is 2.42. The molecular weight excluding hydrogens is 369 g/mol. The molecule has 1 fully saturated rings. The Kier molecular flexibility index (Phi) is 5.43. The molecule has 2 atom stereocenters. The van der Waals surface area contributed by atoms with Gasteiger partial charge in [-0.1, -0.05) is 23.9 Å². The molecule has 4 N–H and O–H groups in total. The molecule has 1 aliphatic rings. The number of hydrogen-bond acceptors (Lipinski definition) is 2. The van der Waals surface area contributed by atoms with E-state index < -0.39 is 11.7 Å². The summed E-state index contributed by atoms with van der Waals surface area (Å²) in [6, 6.07) is 1.10. The molecule has 1 aromatic heterocycles. The van der Waals surface area contributed by atoms with E-state index in [9.17, 15) is 9.59 Å². The van der Waals surface area contributed by atoms with Gasteiger partial charge in [0.25, 0.3) is 11.8 Å². The van der Waals surface area contributed by atoms with Crippen LogP contribution in [0.1, 0.15) is 60.1 Å². The van der Waals surface area contributed by atoms with Gasteiger partial charge in [0.15, 0.2) is 0 Å². The lowest BCUT2D eigenvalue weighted by atomic mass is 9.79. The summed E-state index contributed by atoms with van der Waals surface area (Å²) in [5.41, 5.74) is 7.09. The maximum Gasteiger partial charge on any atom is 0.296 e. The van der Waals surface area contributed by atoms with Crippen molar-refractivity contribution in [2.75, 3.05) is 0 Å². The molecule has 1 saturated carbocycles.